The molecule has 2 rings (SSSR count). The van der Waals surface area contributed by atoms with Crippen LogP contribution < -0.4 is 5.32 Å². The van der Waals surface area contributed by atoms with E-state index < -0.39 is 0 Å². The lowest BCUT2D eigenvalue weighted by Gasteiger charge is -2.21. The van der Waals surface area contributed by atoms with Gasteiger partial charge in [0.1, 0.15) is 5.69 Å². The van der Waals surface area contributed by atoms with Crippen molar-refractivity contribution >= 4 is 16.8 Å². The molecule has 0 radical (unpaired) electrons. The van der Waals surface area contributed by atoms with Gasteiger partial charge in [-0.3, -0.25) is 4.79 Å². The van der Waals surface area contributed by atoms with Crippen LogP contribution in [0.15, 0.2) is 18.2 Å². The Hall–Kier alpha value is -1.81. The number of rotatable bonds is 5. The van der Waals surface area contributed by atoms with Gasteiger partial charge in [0, 0.05) is 23.6 Å². The second-order valence-corrected chi connectivity index (χ2v) is 5.99. The number of carbonyl (C=O) groups excluding carboxylic acids is 1. The summed E-state index contributed by atoms with van der Waals surface area (Å²) < 4.78 is 0. The largest absolute Gasteiger partial charge is 0.396 e. The van der Waals surface area contributed by atoms with Crippen molar-refractivity contribution in [3.63, 3.8) is 0 Å². The molecular weight excluding hydrogens is 264 g/mol. The third-order valence-corrected chi connectivity index (χ3v) is 4.15. The quantitative estimate of drug-likeness (QED) is 0.792. The number of amides is 1. The molecule has 0 aliphatic rings. The zero-order valence-corrected chi connectivity index (χ0v) is 13.2. The van der Waals surface area contributed by atoms with E-state index in [1.54, 1.807) is 0 Å². The first-order chi connectivity index (χ1) is 9.93. The molecule has 1 aromatic heterocycles. The molecule has 2 aromatic rings. The van der Waals surface area contributed by atoms with Gasteiger partial charge in [0.2, 0.25) is 0 Å². The molecule has 0 saturated heterocycles. The summed E-state index contributed by atoms with van der Waals surface area (Å²) in [5, 5.41) is 13.2. The average molecular weight is 288 g/mol. The Labute approximate surface area is 125 Å². The number of benzene rings is 1. The molecule has 1 amide bonds. The minimum atomic E-state index is -0.115. The van der Waals surface area contributed by atoms with Crippen LogP contribution in [-0.2, 0) is 0 Å². The molecule has 21 heavy (non-hydrogen) atoms. The standard InChI is InChI=1S/C17H24N2O2/c1-10(2)14(7-8-20)19-17(21)16-9-13-12(4)11(3)5-6-15(13)18-16/h5-6,9-10,14,18,20H,7-8H2,1-4H3,(H,19,21). The van der Waals surface area contributed by atoms with Gasteiger partial charge in [-0.25, -0.2) is 0 Å². The Balaban J connectivity index is 2.25. The van der Waals surface area contributed by atoms with Crippen LogP contribution in [0.2, 0.25) is 0 Å². The molecule has 0 spiro atoms. The predicted octanol–water partition coefficient (Wildman–Crippen LogP) is 2.92. The summed E-state index contributed by atoms with van der Waals surface area (Å²) in [4.78, 5) is 15.6. The van der Waals surface area contributed by atoms with E-state index in [0.29, 0.717) is 12.1 Å². The molecule has 1 atom stereocenters. The van der Waals surface area contributed by atoms with Crippen LogP contribution in [-0.4, -0.2) is 28.6 Å². The Morgan fingerprint density at radius 2 is 2.05 bits per heavy atom. The monoisotopic (exact) mass is 288 g/mol. The number of aryl methyl sites for hydroxylation is 2. The second kappa shape index (κ2) is 6.31. The van der Waals surface area contributed by atoms with Crippen LogP contribution in [0.4, 0.5) is 0 Å². The number of carbonyl (C=O) groups is 1. The SMILES string of the molecule is Cc1ccc2[nH]c(C(=O)NC(CCO)C(C)C)cc2c1C. The van der Waals surface area contributed by atoms with E-state index in [0.717, 1.165) is 10.9 Å². The minimum absolute atomic E-state index is 0.0169. The third-order valence-electron chi connectivity index (χ3n) is 4.15. The molecule has 1 aromatic carbocycles. The summed E-state index contributed by atoms with van der Waals surface area (Å²) in [6.07, 6.45) is 0.571. The van der Waals surface area contributed by atoms with Crippen molar-refractivity contribution in [2.24, 2.45) is 5.92 Å². The van der Waals surface area contributed by atoms with Crippen LogP contribution in [0.3, 0.4) is 0 Å². The number of H-pyrrole nitrogens is 1. The van der Waals surface area contributed by atoms with Gasteiger partial charge in [0.25, 0.3) is 5.91 Å². The highest BCUT2D eigenvalue weighted by molar-refractivity contribution is 5.99. The Bertz CT molecular complexity index is 644. The van der Waals surface area contributed by atoms with Crippen LogP contribution in [0.25, 0.3) is 10.9 Å². The molecule has 0 aliphatic heterocycles. The first-order valence-electron chi connectivity index (χ1n) is 7.44. The topological polar surface area (TPSA) is 65.1 Å². The van der Waals surface area contributed by atoms with Gasteiger partial charge >= 0.3 is 0 Å². The highest BCUT2D eigenvalue weighted by Gasteiger charge is 2.18. The van der Waals surface area contributed by atoms with Crippen molar-refractivity contribution in [3.8, 4) is 0 Å². The Morgan fingerprint density at radius 1 is 1.33 bits per heavy atom. The molecule has 3 N–H and O–H groups in total. The van der Waals surface area contributed by atoms with Crippen molar-refractivity contribution < 1.29 is 9.90 Å². The average Bonchev–Trinajstić information content (AvgIpc) is 2.87. The summed E-state index contributed by atoms with van der Waals surface area (Å²) in [6, 6.07) is 5.95. The fourth-order valence-electron chi connectivity index (χ4n) is 2.54. The number of nitrogens with one attached hydrogen (secondary N) is 2. The number of hydrogen-bond donors (Lipinski definition) is 3. The van der Waals surface area contributed by atoms with Gasteiger partial charge in [0.05, 0.1) is 0 Å². The van der Waals surface area contributed by atoms with E-state index in [1.807, 2.05) is 26.0 Å². The molecule has 4 heteroatoms. The Morgan fingerprint density at radius 3 is 2.67 bits per heavy atom. The lowest BCUT2D eigenvalue weighted by atomic mass is 10.0. The molecule has 1 heterocycles. The van der Waals surface area contributed by atoms with E-state index in [2.05, 4.69) is 30.2 Å². The fourth-order valence-corrected chi connectivity index (χ4v) is 2.54. The molecule has 114 valence electrons. The minimum Gasteiger partial charge on any atom is -0.396 e. The van der Waals surface area contributed by atoms with E-state index in [4.69, 9.17) is 5.11 Å². The van der Waals surface area contributed by atoms with Crippen molar-refractivity contribution in [2.45, 2.75) is 40.2 Å². The van der Waals surface area contributed by atoms with Crippen LogP contribution in [0.5, 0.6) is 0 Å². The van der Waals surface area contributed by atoms with E-state index >= 15 is 0 Å². The van der Waals surface area contributed by atoms with Crippen molar-refractivity contribution in [1.82, 2.24) is 10.3 Å². The maximum absolute atomic E-state index is 12.4. The normalized spacial score (nSPS) is 12.9. The molecule has 0 bridgehead atoms. The summed E-state index contributed by atoms with van der Waals surface area (Å²) in [6.45, 7) is 8.29. The number of fused-ring (bicyclic) bond motifs is 1. The van der Waals surface area contributed by atoms with Gasteiger partial charge in [-0.15, -0.1) is 0 Å². The highest BCUT2D eigenvalue weighted by atomic mass is 16.3. The zero-order valence-electron chi connectivity index (χ0n) is 13.2. The number of aliphatic hydroxyl groups is 1. The zero-order chi connectivity index (χ0) is 15.6. The first-order valence-corrected chi connectivity index (χ1v) is 7.44. The van der Waals surface area contributed by atoms with Crippen molar-refractivity contribution in [1.29, 1.82) is 0 Å². The van der Waals surface area contributed by atoms with Crippen molar-refractivity contribution in [3.05, 3.63) is 35.0 Å². The molecule has 1 unspecified atom stereocenters. The predicted molar refractivity (Wildman–Crippen MR) is 85.6 cm³/mol. The third kappa shape index (κ3) is 3.27. The maximum Gasteiger partial charge on any atom is 0.267 e. The van der Waals surface area contributed by atoms with Crippen molar-refractivity contribution in [2.75, 3.05) is 6.61 Å². The van der Waals surface area contributed by atoms with Crippen LogP contribution >= 0.6 is 0 Å². The number of hydrogen-bond acceptors (Lipinski definition) is 2. The summed E-state index contributed by atoms with van der Waals surface area (Å²) in [5.41, 5.74) is 3.96. The number of aromatic nitrogens is 1. The van der Waals surface area contributed by atoms with E-state index in [1.165, 1.54) is 11.1 Å². The van der Waals surface area contributed by atoms with Gasteiger partial charge in [-0.2, -0.15) is 0 Å². The summed E-state index contributed by atoms with van der Waals surface area (Å²) >= 11 is 0. The molecular formula is C17H24N2O2. The van der Waals surface area contributed by atoms with E-state index in [-0.39, 0.29) is 24.5 Å². The lowest BCUT2D eigenvalue weighted by molar-refractivity contribution is 0.0912. The van der Waals surface area contributed by atoms with Crippen LogP contribution in [0.1, 0.15) is 41.9 Å². The molecule has 0 saturated carbocycles. The molecule has 0 aliphatic carbocycles. The highest BCUT2D eigenvalue weighted by Crippen LogP contribution is 2.22. The Kier molecular flexibility index (Phi) is 4.68. The first kappa shape index (κ1) is 15.6. The maximum atomic E-state index is 12.4. The van der Waals surface area contributed by atoms with E-state index in [9.17, 15) is 4.79 Å². The molecule has 4 nitrogen and oxygen atoms in total. The van der Waals surface area contributed by atoms with Gasteiger partial charge in [0.15, 0.2) is 0 Å². The van der Waals surface area contributed by atoms with Gasteiger partial charge < -0.3 is 15.4 Å². The summed E-state index contributed by atoms with van der Waals surface area (Å²) in [7, 11) is 0. The second-order valence-electron chi connectivity index (χ2n) is 5.99. The number of aromatic amines is 1. The van der Waals surface area contributed by atoms with Gasteiger partial charge in [-0.1, -0.05) is 19.9 Å². The molecule has 0 fully saturated rings. The summed E-state index contributed by atoms with van der Waals surface area (Å²) in [5.74, 6) is 0.171. The van der Waals surface area contributed by atoms with Gasteiger partial charge in [-0.05, 0) is 49.4 Å². The number of aliphatic hydroxyl groups excluding tert-OH is 1. The lowest BCUT2D eigenvalue weighted by Crippen LogP contribution is -2.39. The fraction of sp³-hybridized carbons (Fsp3) is 0.471. The smallest absolute Gasteiger partial charge is 0.267 e. The van der Waals surface area contributed by atoms with Crippen LogP contribution in [0, 0.1) is 19.8 Å².